The van der Waals surface area contributed by atoms with Crippen LogP contribution in [0.2, 0.25) is 15.1 Å². The summed E-state index contributed by atoms with van der Waals surface area (Å²) in [7, 11) is 0. The summed E-state index contributed by atoms with van der Waals surface area (Å²) in [6.07, 6.45) is 1.53. The number of thioether (sulfide) groups is 1. The van der Waals surface area contributed by atoms with Crippen molar-refractivity contribution in [3.63, 3.8) is 0 Å². The Morgan fingerprint density at radius 3 is 2.68 bits per heavy atom. The molecule has 0 saturated carbocycles. The number of esters is 1. The van der Waals surface area contributed by atoms with Gasteiger partial charge in [0.1, 0.15) is 25.0 Å². The van der Waals surface area contributed by atoms with E-state index < -0.39 is 12.0 Å². The fraction of sp³-hybridized carbons (Fsp3) is 0.167. The van der Waals surface area contributed by atoms with E-state index in [4.69, 9.17) is 54.4 Å². The Morgan fingerprint density at radius 1 is 1.07 bits per heavy atom. The summed E-state index contributed by atoms with van der Waals surface area (Å²) in [5.41, 5.74) is 3.57. The number of carbonyl (C=O) groups excluding carboxylic acids is 1. The molecule has 1 unspecified atom stereocenters. The number of nitrogens with one attached hydrogen (secondary N) is 1. The summed E-state index contributed by atoms with van der Waals surface area (Å²) in [5, 5.41) is 10.3. The first kappa shape index (κ1) is 29.1. The van der Waals surface area contributed by atoms with Crippen LogP contribution in [0, 0.1) is 0 Å². The SMILES string of the molecule is C=CCOC(=O)C1=C(C)Nc2nc(SCc3ccccc3Cl)nn2C1c1cccc(OCc2ccc(Cl)cc2Cl)c1. The zero-order valence-corrected chi connectivity index (χ0v) is 25.0. The molecule has 1 aliphatic heterocycles. The van der Waals surface area contributed by atoms with E-state index in [0.29, 0.717) is 48.9 Å². The molecule has 1 aromatic heterocycles. The lowest BCUT2D eigenvalue weighted by molar-refractivity contribution is -0.138. The van der Waals surface area contributed by atoms with Crippen LogP contribution in [0.3, 0.4) is 0 Å². The van der Waals surface area contributed by atoms with Crippen molar-refractivity contribution in [2.75, 3.05) is 11.9 Å². The van der Waals surface area contributed by atoms with Gasteiger partial charge in [-0.2, -0.15) is 4.98 Å². The Morgan fingerprint density at radius 2 is 1.90 bits per heavy atom. The molecule has 0 saturated heterocycles. The van der Waals surface area contributed by atoms with E-state index in [1.54, 1.807) is 16.8 Å². The van der Waals surface area contributed by atoms with Gasteiger partial charge < -0.3 is 14.8 Å². The molecule has 0 spiro atoms. The number of anilines is 1. The van der Waals surface area contributed by atoms with Gasteiger partial charge in [0.15, 0.2) is 0 Å². The summed E-state index contributed by atoms with van der Waals surface area (Å²) >= 11 is 20.1. The van der Waals surface area contributed by atoms with Crippen LogP contribution in [-0.2, 0) is 21.9 Å². The molecule has 1 aliphatic rings. The third kappa shape index (κ3) is 6.73. The first-order chi connectivity index (χ1) is 19.8. The summed E-state index contributed by atoms with van der Waals surface area (Å²) < 4.78 is 13.2. The predicted molar refractivity (Wildman–Crippen MR) is 164 cm³/mol. The Balaban J connectivity index is 1.46. The van der Waals surface area contributed by atoms with Gasteiger partial charge in [-0.1, -0.05) is 95.6 Å². The van der Waals surface area contributed by atoms with Crippen LogP contribution >= 0.6 is 46.6 Å². The van der Waals surface area contributed by atoms with Crippen molar-refractivity contribution < 1.29 is 14.3 Å². The fourth-order valence-electron chi connectivity index (χ4n) is 4.31. The van der Waals surface area contributed by atoms with E-state index in [1.807, 2.05) is 61.5 Å². The number of halogens is 3. The van der Waals surface area contributed by atoms with Gasteiger partial charge in [0.2, 0.25) is 11.1 Å². The number of hydrogen-bond donors (Lipinski definition) is 1. The topological polar surface area (TPSA) is 78.3 Å². The Bertz CT molecular complexity index is 1640. The summed E-state index contributed by atoms with van der Waals surface area (Å²) in [5.74, 6) is 1.21. The van der Waals surface area contributed by atoms with Crippen molar-refractivity contribution >= 4 is 58.5 Å². The molecule has 2 heterocycles. The molecule has 4 aromatic rings. The molecule has 0 bridgehead atoms. The van der Waals surface area contributed by atoms with Crippen LogP contribution in [0.15, 0.2) is 95.8 Å². The van der Waals surface area contributed by atoms with Gasteiger partial charge in [0.05, 0.1) is 5.57 Å². The van der Waals surface area contributed by atoms with E-state index >= 15 is 0 Å². The third-order valence-electron chi connectivity index (χ3n) is 6.28. The maximum atomic E-state index is 13.3. The Hall–Kier alpha value is -3.43. The number of nitrogens with zero attached hydrogens (tertiary/aromatic N) is 3. The molecule has 0 amide bonds. The Kier molecular flexibility index (Phi) is 9.25. The van der Waals surface area contributed by atoms with Gasteiger partial charge in [-0.15, -0.1) is 5.10 Å². The summed E-state index contributed by atoms with van der Waals surface area (Å²) in [4.78, 5) is 18.0. The molecular weight excluding hydrogens is 603 g/mol. The maximum absolute atomic E-state index is 13.3. The first-order valence-electron chi connectivity index (χ1n) is 12.6. The van der Waals surface area contributed by atoms with Gasteiger partial charge in [-0.05, 0) is 48.4 Å². The molecule has 0 radical (unpaired) electrons. The molecular formula is C30H25Cl3N4O3S. The molecule has 3 aromatic carbocycles. The molecule has 0 fully saturated rings. The number of carbonyl (C=O) groups is 1. The molecule has 0 aliphatic carbocycles. The standard InChI is InChI=1S/C30H25Cl3N4O3S/c1-3-13-39-28(38)26-18(2)34-29-35-30(41-17-21-7-4-5-10-24(21)32)36-37(29)27(26)19-8-6-9-23(14-19)40-16-20-11-12-22(31)15-25(20)33/h3-12,14-15,27H,1,13,16-17H2,2H3,(H,34,35,36). The average Bonchev–Trinajstić information content (AvgIpc) is 3.36. The highest BCUT2D eigenvalue weighted by Crippen LogP contribution is 2.38. The monoisotopic (exact) mass is 626 g/mol. The van der Waals surface area contributed by atoms with E-state index in [2.05, 4.69) is 11.9 Å². The number of hydrogen-bond acceptors (Lipinski definition) is 7. The van der Waals surface area contributed by atoms with Crippen LogP contribution in [0.25, 0.3) is 0 Å². The van der Waals surface area contributed by atoms with Crippen molar-refractivity contribution in [3.05, 3.63) is 122 Å². The minimum Gasteiger partial charge on any atom is -0.489 e. The number of aromatic nitrogens is 3. The Labute approximate surface area is 257 Å². The maximum Gasteiger partial charge on any atom is 0.338 e. The highest BCUT2D eigenvalue weighted by atomic mass is 35.5. The molecule has 1 N–H and O–H groups in total. The van der Waals surface area contributed by atoms with Crippen LogP contribution in [0.1, 0.15) is 29.7 Å². The highest BCUT2D eigenvalue weighted by molar-refractivity contribution is 7.98. The predicted octanol–water partition coefficient (Wildman–Crippen LogP) is 8.13. The lowest BCUT2D eigenvalue weighted by Crippen LogP contribution is -2.29. The van der Waals surface area contributed by atoms with E-state index in [1.165, 1.54) is 17.8 Å². The molecule has 11 heteroatoms. The minimum absolute atomic E-state index is 0.0798. The zero-order valence-electron chi connectivity index (χ0n) is 21.9. The first-order valence-corrected chi connectivity index (χ1v) is 14.7. The number of rotatable bonds is 10. The quantitative estimate of drug-likeness (QED) is 0.108. The van der Waals surface area contributed by atoms with E-state index in [0.717, 1.165) is 16.7 Å². The van der Waals surface area contributed by atoms with E-state index in [9.17, 15) is 4.79 Å². The number of allylic oxidation sites excluding steroid dienone is 1. The molecule has 5 rings (SSSR count). The number of ether oxygens (including phenoxy) is 2. The van der Waals surface area contributed by atoms with Crippen molar-refractivity contribution in [2.24, 2.45) is 0 Å². The molecule has 41 heavy (non-hydrogen) atoms. The van der Waals surface area contributed by atoms with Gasteiger partial charge in [0.25, 0.3) is 0 Å². The third-order valence-corrected chi connectivity index (χ3v) is 8.13. The van der Waals surface area contributed by atoms with Crippen LogP contribution in [-0.4, -0.2) is 27.3 Å². The zero-order chi connectivity index (χ0) is 28.9. The smallest absolute Gasteiger partial charge is 0.338 e. The lowest BCUT2D eigenvalue weighted by atomic mass is 9.95. The second kappa shape index (κ2) is 13.0. The van der Waals surface area contributed by atoms with Gasteiger partial charge >= 0.3 is 5.97 Å². The number of fused-ring (bicyclic) bond motifs is 1. The van der Waals surface area contributed by atoms with Crippen molar-refractivity contribution in [2.45, 2.75) is 30.5 Å². The molecule has 7 nitrogen and oxygen atoms in total. The van der Waals surface area contributed by atoms with Crippen LogP contribution < -0.4 is 10.1 Å². The van der Waals surface area contributed by atoms with Gasteiger partial charge in [0, 0.05) is 32.1 Å². The van der Waals surface area contributed by atoms with Crippen molar-refractivity contribution in [1.29, 1.82) is 0 Å². The molecule has 210 valence electrons. The van der Waals surface area contributed by atoms with E-state index in [-0.39, 0.29) is 13.2 Å². The lowest BCUT2D eigenvalue weighted by Gasteiger charge is -2.28. The second-order valence-corrected chi connectivity index (χ2v) is 11.3. The second-order valence-electron chi connectivity index (χ2n) is 9.09. The summed E-state index contributed by atoms with van der Waals surface area (Å²) in [6, 6.07) is 19.8. The fourth-order valence-corrected chi connectivity index (χ4v) is 5.89. The van der Waals surface area contributed by atoms with Gasteiger partial charge in [-0.25, -0.2) is 9.48 Å². The number of benzene rings is 3. The van der Waals surface area contributed by atoms with Crippen molar-refractivity contribution in [1.82, 2.24) is 14.8 Å². The minimum atomic E-state index is -0.617. The largest absolute Gasteiger partial charge is 0.489 e. The van der Waals surface area contributed by atoms with Crippen LogP contribution in [0.5, 0.6) is 5.75 Å². The normalized spacial score (nSPS) is 14.3. The highest BCUT2D eigenvalue weighted by Gasteiger charge is 2.35. The van der Waals surface area contributed by atoms with Crippen LogP contribution in [0.4, 0.5) is 5.95 Å². The molecule has 1 atom stereocenters. The van der Waals surface area contributed by atoms with Crippen molar-refractivity contribution in [3.8, 4) is 5.75 Å². The van der Waals surface area contributed by atoms with Gasteiger partial charge in [-0.3, -0.25) is 0 Å². The summed E-state index contributed by atoms with van der Waals surface area (Å²) in [6.45, 7) is 5.79. The average molecular weight is 628 g/mol.